The van der Waals surface area contributed by atoms with Crippen LogP contribution in [-0.2, 0) is 9.84 Å². The summed E-state index contributed by atoms with van der Waals surface area (Å²) in [5, 5.41) is -0.0923. The first-order valence-corrected chi connectivity index (χ1v) is 8.61. The van der Waals surface area contributed by atoms with Gasteiger partial charge in [-0.25, -0.2) is 8.42 Å². The molecule has 0 amide bonds. The van der Waals surface area contributed by atoms with E-state index in [1.165, 1.54) is 18.2 Å². The highest BCUT2D eigenvalue weighted by Gasteiger charge is 2.21. The lowest BCUT2D eigenvalue weighted by molar-refractivity contribution is 0.594. The second-order valence-corrected chi connectivity index (χ2v) is 7.61. The quantitative estimate of drug-likeness (QED) is 0.747. The highest BCUT2D eigenvalue weighted by molar-refractivity contribution is 7.91. The number of rotatable bonds is 4. The Labute approximate surface area is 133 Å². The summed E-state index contributed by atoms with van der Waals surface area (Å²) in [4.78, 5) is 0.119. The van der Waals surface area contributed by atoms with Gasteiger partial charge >= 0.3 is 0 Å². The van der Waals surface area contributed by atoms with Gasteiger partial charge in [0.1, 0.15) is 0 Å². The number of hydrogen-bond acceptors (Lipinski definition) is 2. The van der Waals surface area contributed by atoms with Gasteiger partial charge in [-0.1, -0.05) is 53.5 Å². The van der Waals surface area contributed by atoms with E-state index in [2.05, 4.69) is 0 Å². The molecule has 0 radical (unpaired) electrons. The van der Waals surface area contributed by atoms with E-state index in [9.17, 15) is 8.42 Å². The van der Waals surface area contributed by atoms with Crippen molar-refractivity contribution >= 4 is 44.6 Å². The lowest BCUT2D eigenvalue weighted by atomic mass is 10.2. The van der Waals surface area contributed by atoms with E-state index >= 15 is 0 Å². The van der Waals surface area contributed by atoms with E-state index in [-0.39, 0.29) is 15.7 Å². The van der Waals surface area contributed by atoms with Gasteiger partial charge in [0, 0.05) is 0 Å². The second kappa shape index (κ2) is 6.35. The van der Waals surface area contributed by atoms with Gasteiger partial charge in [-0.3, -0.25) is 0 Å². The molecule has 0 aliphatic carbocycles. The maximum Gasteiger partial charge on any atom is 0.180 e. The van der Waals surface area contributed by atoms with E-state index in [4.69, 9.17) is 34.8 Å². The Balaban J connectivity index is 2.25. The van der Waals surface area contributed by atoms with Crippen molar-refractivity contribution in [3.8, 4) is 0 Å². The molecule has 0 bridgehead atoms. The maximum absolute atomic E-state index is 12.3. The van der Waals surface area contributed by atoms with Gasteiger partial charge in [-0.2, -0.15) is 0 Å². The standard InChI is InChI=1S/C14H11Cl3O2S/c15-12-7-6-11(8-13(12)16)20(18,19)9-14(17)10-4-2-1-3-5-10/h1-8,14H,9H2/t14-/m0/s1. The summed E-state index contributed by atoms with van der Waals surface area (Å²) < 4.78 is 24.6. The average Bonchev–Trinajstić information content (AvgIpc) is 2.42. The van der Waals surface area contributed by atoms with Crippen molar-refractivity contribution in [2.45, 2.75) is 10.3 Å². The van der Waals surface area contributed by atoms with Crippen LogP contribution in [0.1, 0.15) is 10.9 Å². The zero-order valence-corrected chi connectivity index (χ0v) is 13.3. The molecule has 0 N–H and O–H groups in total. The van der Waals surface area contributed by atoms with Crippen molar-refractivity contribution in [2.75, 3.05) is 5.75 Å². The molecule has 0 spiro atoms. The van der Waals surface area contributed by atoms with Gasteiger partial charge in [0.15, 0.2) is 9.84 Å². The Morgan fingerprint density at radius 1 is 0.950 bits per heavy atom. The molecule has 0 saturated heterocycles. The van der Waals surface area contributed by atoms with Crippen LogP contribution in [0.5, 0.6) is 0 Å². The first-order chi connectivity index (χ1) is 9.40. The zero-order chi connectivity index (χ0) is 14.8. The molecule has 20 heavy (non-hydrogen) atoms. The third kappa shape index (κ3) is 3.67. The van der Waals surface area contributed by atoms with Crippen molar-refractivity contribution < 1.29 is 8.42 Å². The van der Waals surface area contributed by atoms with E-state index in [1.54, 1.807) is 12.1 Å². The average molecular weight is 350 g/mol. The van der Waals surface area contributed by atoms with Crippen LogP contribution >= 0.6 is 34.8 Å². The Kier molecular flexibility index (Phi) is 4.97. The molecule has 1 atom stereocenters. The van der Waals surface area contributed by atoms with Gasteiger partial charge < -0.3 is 0 Å². The Bertz CT molecular complexity index is 700. The molecule has 2 aromatic carbocycles. The predicted octanol–water partition coefficient (Wildman–Crippen LogP) is 4.75. The molecular weight excluding hydrogens is 339 g/mol. The van der Waals surface area contributed by atoms with Gasteiger partial charge in [-0.15, -0.1) is 11.6 Å². The summed E-state index contributed by atoms with van der Waals surface area (Å²) in [5.74, 6) is -0.198. The molecule has 2 aromatic rings. The number of benzene rings is 2. The highest BCUT2D eigenvalue weighted by Crippen LogP contribution is 2.29. The van der Waals surface area contributed by atoms with Gasteiger partial charge in [0.2, 0.25) is 0 Å². The van der Waals surface area contributed by atoms with Gasteiger partial charge in [0.05, 0.1) is 26.1 Å². The molecule has 2 rings (SSSR count). The molecule has 0 aliphatic heterocycles. The Morgan fingerprint density at radius 2 is 1.60 bits per heavy atom. The fraction of sp³-hybridized carbons (Fsp3) is 0.143. The SMILES string of the molecule is O=S(=O)(C[C@H](Cl)c1ccccc1)c1ccc(Cl)c(Cl)c1. The van der Waals surface area contributed by atoms with Crippen LogP contribution in [0, 0.1) is 0 Å². The summed E-state index contributed by atoms with van der Waals surface area (Å²) in [7, 11) is -3.52. The molecule has 0 unspecified atom stereocenters. The second-order valence-electron chi connectivity index (χ2n) is 4.24. The van der Waals surface area contributed by atoms with Crippen molar-refractivity contribution in [1.82, 2.24) is 0 Å². The minimum atomic E-state index is -3.52. The predicted molar refractivity (Wildman–Crippen MR) is 83.6 cm³/mol. The molecule has 0 heterocycles. The summed E-state index contributed by atoms with van der Waals surface area (Å²) in [6.45, 7) is 0. The molecule has 0 aromatic heterocycles. The van der Waals surface area contributed by atoms with Crippen LogP contribution in [-0.4, -0.2) is 14.2 Å². The van der Waals surface area contributed by atoms with Crippen LogP contribution in [0.15, 0.2) is 53.4 Å². The largest absolute Gasteiger partial charge is 0.224 e. The minimum Gasteiger partial charge on any atom is -0.224 e. The summed E-state index contributed by atoms with van der Waals surface area (Å²) in [6, 6.07) is 13.3. The van der Waals surface area contributed by atoms with Crippen molar-refractivity contribution in [2.24, 2.45) is 0 Å². The monoisotopic (exact) mass is 348 g/mol. The lowest BCUT2D eigenvalue weighted by Gasteiger charge is -2.11. The Hall–Kier alpha value is -0.740. The normalized spacial score (nSPS) is 13.2. The van der Waals surface area contributed by atoms with Gasteiger partial charge in [0.25, 0.3) is 0 Å². The number of alkyl halides is 1. The van der Waals surface area contributed by atoms with E-state index in [0.29, 0.717) is 5.02 Å². The van der Waals surface area contributed by atoms with Crippen LogP contribution in [0.4, 0.5) is 0 Å². The fourth-order valence-corrected chi connectivity index (χ4v) is 4.07. The number of sulfone groups is 1. The van der Waals surface area contributed by atoms with E-state index < -0.39 is 15.2 Å². The summed E-state index contributed by atoms with van der Waals surface area (Å²) >= 11 is 17.8. The summed E-state index contributed by atoms with van der Waals surface area (Å²) in [6.07, 6.45) is 0. The van der Waals surface area contributed by atoms with E-state index in [0.717, 1.165) is 5.56 Å². The maximum atomic E-state index is 12.3. The first-order valence-electron chi connectivity index (χ1n) is 5.77. The zero-order valence-electron chi connectivity index (χ0n) is 10.3. The van der Waals surface area contributed by atoms with Crippen LogP contribution in [0.2, 0.25) is 10.0 Å². The van der Waals surface area contributed by atoms with Crippen molar-refractivity contribution in [3.05, 3.63) is 64.1 Å². The third-order valence-corrected chi connectivity index (χ3v) is 5.85. The first kappa shape index (κ1) is 15.6. The molecule has 0 saturated carbocycles. The highest BCUT2D eigenvalue weighted by atomic mass is 35.5. The van der Waals surface area contributed by atoms with E-state index in [1.807, 2.05) is 18.2 Å². The number of hydrogen-bond donors (Lipinski definition) is 0. The molecule has 2 nitrogen and oxygen atoms in total. The topological polar surface area (TPSA) is 34.1 Å². The smallest absolute Gasteiger partial charge is 0.180 e. The Morgan fingerprint density at radius 3 is 2.20 bits per heavy atom. The number of halogens is 3. The van der Waals surface area contributed by atoms with Crippen LogP contribution < -0.4 is 0 Å². The molecule has 106 valence electrons. The van der Waals surface area contributed by atoms with Crippen molar-refractivity contribution in [3.63, 3.8) is 0 Å². The lowest BCUT2D eigenvalue weighted by Crippen LogP contribution is -2.11. The van der Waals surface area contributed by atoms with Gasteiger partial charge in [-0.05, 0) is 23.8 Å². The summed E-state index contributed by atoms with van der Waals surface area (Å²) in [5.41, 5.74) is 0.762. The van der Waals surface area contributed by atoms with Crippen molar-refractivity contribution in [1.29, 1.82) is 0 Å². The van der Waals surface area contributed by atoms with Crippen LogP contribution in [0.25, 0.3) is 0 Å². The third-order valence-electron chi connectivity index (χ3n) is 2.78. The van der Waals surface area contributed by atoms with Crippen LogP contribution in [0.3, 0.4) is 0 Å². The fourth-order valence-electron chi connectivity index (χ4n) is 1.72. The molecule has 6 heteroatoms. The molecule has 0 aliphatic rings. The molecular formula is C14H11Cl3O2S. The molecule has 0 fully saturated rings. The minimum absolute atomic E-state index is 0.119.